The summed E-state index contributed by atoms with van der Waals surface area (Å²) in [7, 11) is 0. The van der Waals surface area contributed by atoms with Crippen molar-refractivity contribution in [2.45, 2.75) is 37.5 Å². The van der Waals surface area contributed by atoms with Crippen LogP contribution in [0.15, 0.2) is 54.6 Å². The number of amides is 3. The number of carbonyl (C=O) groups is 3. The lowest BCUT2D eigenvalue weighted by Gasteiger charge is -2.26. The fourth-order valence-electron chi connectivity index (χ4n) is 4.57. The molecule has 2 aliphatic rings. The van der Waals surface area contributed by atoms with Crippen molar-refractivity contribution in [2.24, 2.45) is 5.73 Å². The van der Waals surface area contributed by atoms with Gasteiger partial charge in [-0.2, -0.15) is 0 Å². The maximum absolute atomic E-state index is 13.4. The number of ether oxygens (including phenoxy) is 3. The highest BCUT2D eigenvalue weighted by molar-refractivity contribution is 5.93. The molecule has 2 aromatic carbocycles. The van der Waals surface area contributed by atoms with Crippen molar-refractivity contribution in [3.8, 4) is 11.5 Å². The first-order valence-electron chi connectivity index (χ1n) is 12.6. The lowest BCUT2D eigenvalue weighted by Crippen LogP contribution is -2.49. The minimum absolute atomic E-state index is 0.102. The van der Waals surface area contributed by atoms with Crippen LogP contribution in [0, 0.1) is 5.41 Å². The lowest BCUT2D eigenvalue weighted by molar-refractivity contribution is -0.152. The maximum Gasteiger partial charge on any atom is 0.243 e. The highest BCUT2D eigenvalue weighted by Crippen LogP contribution is 2.35. The van der Waals surface area contributed by atoms with E-state index < -0.39 is 17.7 Å². The molecule has 2 fully saturated rings. The normalized spacial score (nSPS) is 17.8. The Morgan fingerprint density at radius 1 is 1.11 bits per heavy atom. The Labute approximate surface area is 221 Å². The predicted molar refractivity (Wildman–Crippen MR) is 140 cm³/mol. The number of likely N-dealkylation sites (tertiary alicyclic amines) is 1. The Bertz CT molecular complexity index is 1120. The molecule has 2 aliphatic heterocycles. The van der Waals surface area contributed by atoms with Gasteiger partial charge in [-0.05, 0) is 49.2 Å². The van der Waals surface area contributed by atoms with Crippen LogP contribution < -0.4 is 20.7 Å². The first kappa shape index (κ1) is 27.1. The largest absolute Gasteiger partial charge is 0.457 e. The average molecular weight is 524 g/mol. The molecule has 11 nitrogen and oxygen atoms in total. The molecule has 2 saturated heterocycles. The molecule has 11 heteroatoms. The molecule has 0 saturated carbocycles. The molecule has 1 atom stereocenters. The van der Waals surface area contributed by atoms with Crippen LogP contribution in [0.25, 0.3) is 0 Å². The lowest BCUT2D eigenvalue weighted by atomic mass is 10.1. The molecular weight excluding hydrogens is 490 g/mol. The number of amidine groups is 1. The smallest absolute Gasteiger partial charge is 0.243 e. The van der Waals surface area contributed by atoms with E-state index in [4.69, 9.17) is 25.4 Å². The van der Waals surface area contributed by atoms with Crippen LogP contribution in [-0.2, 0) is 23.9 Å². The summed E-state index contributed by atoms with van der Waals surface area (Å²) in [5.41, 5.74) is 5.89. The highest BCUT2D eigenvalue weighted by Gasteiger charge is 2.52. The van der Waals surface area contributed by atoms with Gasteiger partial charge in [0.05, 0.1) is 25.6 Å². The second-order valence-electron chi connectivity index (χ2n) is 9.26. The number of nitrogens with zero attached hydrogens (tertiary/aromatic N) is 2. The summed E-state index contributed by atoms with van der Waals surface area (Å²) < 4.78 is 17.3. The highest BCUT2D eigenvalue weighted by atomic mass is 16.7. The van der Waals surface area contributed by atoms with Crippen LogP contribution in [0.5, 0.6) is 11.5 Å². The summed E-state index contributed by atoms with van der Waals surface area (Å²) in [5.74, 6) is -0.334. The fourth-order valence-corrected chi connectivity index (χ4v) is 4.57. The second kappa shape index (κ2) is 12.5. The summed E-state index contributed by atoms with van der Waals surface area (Å²) in [6.07, 6.45) is 2.61. The Morgan fingerprint density at radius 3 is 2.45 bits per heavy atom. The quantitative estimate of drug-likeness (QED) is 0.167. The predicted octanol–water partition coefficient (Wildman–Crippen LogP) is 2.01. The fraction of sp³-hybridized carbons (Fsp3) is 0.407. The number of benzene rings is 2. The van der Waals surface area contributed by atoms with Gasteiger partial charge in [0.2, 0.25) is 18.2 Å². The molecule has 202 valence electrons. The zero-order valence-corrected chi connectivity index (χ0v) is 21.1. The number of nitrogens with two attached hydrogens (primary N) is 1. The van der Waals surface area contributed by atoms with Gasteiger partial charge in [0, 0.05) is 25.1 Å². The SMILES string of the molecule is N=C(N)CCCCNC(=O)[C@@H]1CC2(CN1C(=O)CN(C=O)c1ccc(Oc3ccccc3)cc1)OCCO2. The molecule has 0 unspecified atom stereocenters. The van der Waals surface area contributed by atoms with Gasteiger partial charge in [-0.1, -0.05) is 18.2 Å². The van der Waals surface area contributed by atoms with Crippen LogP contribution in [0.3, 0.4) is 0 Å². The third-order valence-electron chi connectivity index (χ3n) is 6.48. The van der Waals surface area contributed by atoms with Crippen LogP contribution in [0.4, 0.5) is 5.69 Å². The van der Waals surface area contributed by atoms with Gasteiger partial charge in [0.15, 0.2) is 5.79 Å². The molecule has 3 amide bonds. The van der Waals surface area contributed by atoms with Crippen molar-refractivity contribution in [1.29, 1.82) is 5.41 Å². The number of nitrogens with one attached hydrogen (secondary N) is 2. The van der Waals surface area contributed by atoms with Gasteiger partial charge in [-0.15, -0.1) is 0 Å². The molecule has 2 heterocycles. The minimum atomic E-state index is -1.02. The van der Waals surface area contributed by atoms with E-state index in [9.17, 15) is 14.4 Å². The van der Waals surface area contributed by atoms with Gasteiger partial charge in [-0.3, -0.25) is 19.8 Å². The number of hydrogen-bond acceptors (Lipinski definition) is 7. The first-order chi connectivity index (χ1) is 18.4. The minimum Gasteiger partial charge on any atom is -0.457 e. The summed E-state index contributed by atoms with van der Waals surface area (Å²) in [6, 6.07) is 15.3. The van der Waals surface area contributed by atoms with Crippen LogP contribution in [-0.4, -0.2) is 73.6 Å². The molecular formula is C27H33N5O6. The van der Waals surface area contributed by atoms with E-state index in [1.807, 2.05) is 30.3 Å². The molecule has 4 rings (SSSR count). The summed E-state index contributed by atoms with van der Waals surface area (Å²) >= 11 is 0. The third-order valence-corrected chi connectivity index (χ3v) is 6.48. The van der Waals surface area contributed by atoms with E-state index in [-0.39, 0.29) is 31.3 Å². The van der Waals surface area contributed by atoms with Crippen molar-refractivity contribution in [3.63, 3.8) is 0 Å². The number of hydrogen-bond donors (Lipinski definition) is 3. The van der Waals surface area contributed by atoms with Crippen molar-refractivity contribution in [2.75, 3.05) is 37.7 Å². The van der Waals surface area contributed by atoms with E-state index in [1.165, 1.54) is 9.80 Å². The van der Waals surface area contributed by atoms with Gasteiger partial charge in [-0.25, -0.2) is 0 Å². The molecule has 4 N–H and O–H groups in total. The third kappa shape index (κ3) is 6.87. The molecule has 0 radical (unpaired) electrons. The molecule has 1 spiro atoms. The van der Waals surface area contributed by atoms with Crippen LogP contribution >= 0.6 is 0 Å². The number of anilines is 1. The van der Waals surface area contributed by atoms with E-state index in [0.717, 1.165) is 0 Å². The summed E-state index contributed by atoms with van der Waals surface area (Å²) in [4.78, 5) is 41.0. The van der Waals surface area contributed by atoms with Crippen molar-refractivity contribution < 1.29 is 28.6 Å². The summed E-state index contributed by atoms with van der Waals surface area (Å²) in [5, 5.41) is 10.2. The molecule has 0 aromatic heterocycles. The van der Waals surface area contributed by atoms with Crippen molar-refractivity contribution in [3.05, 3.63) is 54.6 Å². The summed E-state index contributed by atoms with van der Waals surface area (Å²) in [6.45, 7) is 1.03. The molecule has 38 heavy (non-hydrogen) atoms. The van der Waals surface area contributed by atoms with Gasteiger partial charge < -0.3 is 35.1 Å². The van der Waals surface area contributed by atoms with E-state index in [0.29, 0.717) is 62.6 Å². The molecule has 0 bridgehead atoms. The van der Waals surface area contributed by atoms with Crippen molar-refractivity contribution in [1.82, 2.24) is 10.2 Å². The van der Waals surface area contributed by atoms with Crippen LogP contribution in [0.1, 0.15) is 25.7 Å². The number of para-hydroxylation sites is 1. The van der Waals surface area contributed by atoms with Crippen LogP contribution in [0.2, 0.25) is 0 Å². The first-order valence-corrected chi connectivity index (χ1v) is 12.6. The van der Waals surface area contributed by atoms with E-state index in [2.05, 4.69) is 5.32 Å². The molecule has 2 aromatic rings. The monoisotopic (exact) mass is 523 g/mol. The molecule has 0 aliphatic carbocycles. The maximum atomic E-state index is 13.4. The number of carbonyl (C=O) groups excluding carboxylic acids is 3. The van der Waals surface area contributed by atoms with E-state index in [1.54, 1.807) is 24.3 Å². The van der Waals surface area contributed by atoms with Gasteiger partial charge >= 0.3 is 0 Å². The van der Waals surface area contributed by atoms with Crippen molar-refractivity contribution >= 4 is 29.7 Å². The number of rotatable bonds is 12. The Morgan fingerprint density at radius 2 is 1.79 bits per heavy atom. The van der Waals surface area contributed by atoms with E-state index >= 15 is 0 Å². The zero-order chi connectivity index (χ0) is 27.0. The van der Waals surface area contributed by atoms with Gasteiger partial charge in [0.25, 0.3) is 0 Å². The zero-order valence-electron chi connectivity index (χ0n) is 21.1. The average Bonchev–Trinajstić information content (AvgIpc) is 3.54. The Hall–Kier alpha value is -3.96. The number of unbranched alkanes of at least 4 members (excludes halogenated alkanes) is 1. The Balaban J connectivity index is 1.39. The standard InChI is InChI=1S/C27H33N5O6/c28-24(29)8-4-5-13-30-26(35)23-16-27(36-14-15-37-27)18-32(23)25(34)17-31(19-33)20-9-11-22(12-10-20)38-21-6-2-1-3-7-21/h1-3,6-7,9-12,19,23H,4-5,8,13-18H2,(H3,28,29)(H,30,35)/t23-/m0/s1. The second-order valence-corrected chi connectivity index (χ2v) is 9.26. The topological polar surface area (TPSA) is 147 Å². The Kier molecular flexibility index (Phi) is 8.93. The van der Waals surface area contributed by atoms with Gasteiger partial charge in [0.1, 0.15) is 24.1 Å².